The molecule has 2 aliphatic rings. The Morgan fingerprint density at radius 2 is 1.91 bits per heavy atom. The molecule has 2 aliphatic heterocycles. The zero-order chi connectivity index (χ0) is 24.3. The lowest BCUT2D eigenvalue weighted by molar-refractivity contribution is 0.0929. The molecule has 2 amide bonds. The van der Waals surface area contributed by atoms with E-state index < -0.39 is 58.1 Å². The molecule has 0 saturated heterocycles. The average Bonchev–Trinajstić information content (AvgIpc) is 3.06. The number of anilines is 1. The van der Waals surface area contributed by atoms with Gasteiger partial charge in [0.05, 0.1) is 17.4 Å². The van der Waals surface area contributed by atoms with E-state index in [1.807, 2.05) is 0 Å². The van der Waals surface area contributed by atoms with Gasteiger partial charge in [-0.05, 0) is 12.8 Å². The lowest BCUT2D eigenvalue weighted by atomic mass is 10.1. The molecule has 0 radical (unpaired) electrons. The molecule has 0 unspecified atom stereocenters. The Morgan fingerprint density at radius 3 is 2.62 bits per heavy atom. The first-order chi connectivity index (χ1) is 16.2. The number of carbonyl (C=O) groups is 2. The highest BCUT2D eigenvalue weighted by molar-refractivity contribution is 6.08. The molecule has 0 fully saturated rings. The van der Waals surface area contributed by atoms with Gasteiger partial charge in [-0.1, -0.05) is 0 Å². The van der Waals surface area contributed by atoms with Crippen molar-refractivity contribution in [1.29, 1.82) is 0 Å². The zero-order valence-corrected chi connectivity index (χ0v) is 17.8. The number of amides is 2. The number of carbonyl (C=O) groups excluding carboxylic acids is 2. The van der Waals surface area contributed by atoms with Gasteiger partial charge >= 0.3 is 0 Å². The van der Waals surface area contributed by atoms with Crippen LogP contribution in [-0.4, -0.2) is 37.8 Å². The third kappa shape index (κ3) is 3.33. The molecule has 9 nitrogen and oxygen atoms in total. The second kappa shape index (κ2) is 7.75. The van der Waals surface area contributed by atoms with Crippen LogP contribution in [0.3, 0.4) is 0 Å². The third-order valence-corrected chi connectivity index (χ3v) is 6.11. The van der Waals surface area contributed by atoms with Gasteiger partial charge < -0.3 is 19.9 Å². The summed E-state index contributed by atoms with van der Waals surface area (Å²) in [4.78, 5) is 40.1. The number of halogens is 3. The van der Waals surface area contributed by atoms with Crippen LogP contribution in [0.1, 0.15) is 44.6 Å². The quantitative estimate of drug-likeness (QED) is 0.603. The Labute approximate surface area is 190 Å². The molecule has 2 bridgehead atoms. The van der Waals surface area contributed by atoms with Crippen molar-refractivity contribution < 1.29 is 27.9 Å². The molecule has 4 heterocycles. The Kier molecular flexibility index (Phi) is 4.95. The fraction of sp³-hybridized carbons (Fsp3) is 0.273. The number of hydrogen-bond donors (Lipinski definition) is 2. The molecule has 5 rings (SSSR count). The van der Waals surface area contributed by atoms with Crippen LogP contribution in [0.5, 0.6) is 5.75 Å². The minimum atomic E-state index is -1.19. The number of pyridine rings is 1. The van der Waals surface area contributed by atoms with Crippen molar-refractivity contribution in [3.63, 3.8) is 0 Å². The normalized spacial score (nSPS) is 16.6. The van der Waals surface area contributed by atoms with Gasteiger partial charge in [0, 0.05) is 50.2 Å². The summed E-state index contributed by atoms with van der Waals surface area (Å²) in [7, 11) is 1.73. The molecular formula is C22H18F3N5O4. The van der Waals surface area contributed by atoms with E-state index in [1.54, 1.807) is 17.9 Å². The van der Waals surface area contributed by atoms with Crippen LogP contribution in [0.2, 0.25) is 0 Å². The lowest BCUT2D eigenvalue weighted by Gasteiger charge is -2.34. The number of aromatic hydroxyl groups is 1. The van der Waals surface area contributed by atoms with Gasteiger partial charge in [-0.15, -0.1) is 0 Å². The van der Waals surface area contributed by atoms with E-state index in [4.69, 9.17) is 0 Å². The predicted molar refractivity (Wildman–Crippen MR) is 112 cm³/mol. The first kappa shape index (κ1) is 21.7. The van der Waals surface area contributed by atoms with Crippen LogP contribution < -0.4 is 15.6 Å². The van der Waals surface area contributed by atoms with E-state index >= 15 is 0 Å². The molecule has 0 aliphatic carbocycles. The van der Waals surface area contributed by atoms with Crippen LogP contribution in [0.25, 0.3) is 0 Å². The minimum Gasteiger partial charge on any atom is -0.503 e. The number of hydrogen-bond acceptors (Lipinski definition) is 5. The highest BCUT2D eigenvalue weighted by Gasteiger charge is 2.39. The number of nitrogens with zero attached hydrogens (tertiary/aromatic N) is 4. The smallest absolute Gasteiger partial charge is 0.279 e. The summed E-state index contributed by atoms with van der Waals surface area (Å²) in [5.41, 5.74) is -1.12. The third-order valence-electron chi connectivity index (χ3n) is 6.11. The summed E-state index contributed by atoms with van der Waals surface area (Å²) in [6, 6.07) is 0.596. The molecule has 1 aromatic carbocycles. The second-order valence-corrected chi connectivity index (χ2v) is 8.25. The van der Waals surface area contributed by atoms with Crippen molar-refractivity contribution in [2.75, 3.05) is 11.4 Å². The Hall–Kier alpha value is -4.09. The average molecular weight is 473 g/mol. The van der Waals surface area contributed by atoms with Gasteiger partial charge in [0.25, 0.3) is 11.8 Å². The number of aromatic nitrogens is 3. The summed E-state index contributed by atoms with van der Waals surface area (Å²) >= 11 is 0. The van der Waals surface area contributed by atoms with Crippen LogP contribution in [0, 0.1) is 17.5 Å². The number of fused-ring (bicyclic) bond motifs is 6. The topological polar surface area (TPSA) is 109 Å². The predicted octanol–water partition coefficient (Wildman–Crippen LogP) is 1.78. The van der Waals surface area contributed by atoms with E-state index in [0.717, 1.165) is 0 Å². The lowest BCUT2D eigenvalue weighted by Crippen LogP contribution is -2.44. The van der Waals surface area contributed by atoms with Crippen LogP contribution >= 0.6 is 0 Å². The standard InChI is InChI=1S/C22H18F3N5O4/c1-28-9-17-16(27-28)3-2-11-7-30(17)22(34)18-20(32)19(31)13(8-29(11)18)21(33)26-6-12-14(24)4-10(23)5-15(12)25/h4-5,8-9,11,32H,2-3,6-7H2,1H3,(H,26,33)/t11-/m0/s1. The first-order valence-electron chi connectivity index (χ1n) is 10.4. The van der Waals surface area contributed by atoms with Crippen molar-refractivity contribution in [2.45, 2.75) is 25.4 Å². The summed E-state index contributed by atoms with van der Waals surface area (Å²) in [6.45, 7) is -0.406. The van der Waals surface area contributed by atoms with E-state index in [0.29, 0.717) is 36.4 Å². The minimum absolute atomic E-state index is 0.245. The van der Waals surface area contributed by atoms with E-state index in [-0.39, 0.29) is 18.3 Å². The fourth-order valence-corrected chi connectivity index (χ4v) is 4.46. The van der Waals surface area contributed by atoms with Gasteiger partial charge in [-0.25, -0.2) is 13.2 Å². The summed E-state index contributed by atoms with van der Waals surface area (Å²) in [5, 5.41) is 17.2. The van der Waals surface area contributed by atoms with Gasteiger partial charge in [0.2, 0.25) is 5.43 Å². The second-order valence-electron chi connectivity index (χ2n) is 8.25. The number of aryl methyl sites for hydroxylation is 2. The van der Waals surface area contributed by atoms with Gasteiger partial charge in [0.15, 0.2) is 11.4 Å². The molecule has 1 atom stereocenters. The zero-order valence-electron chi connectivity index (χ0n) is 17.8. The van der Waals surface area contributed by atoms with Crippen molar-refractivity contribution >= 4 is 17.5 Å². The summed E-state index contributed by atoms with van der Waals surface area (Å²) in [6.07, 6.45) is 3.92. The molecule has 34 heavy (non-hydrogen) atoms. The van der Waals surface area contributed by atoms with Crippen molar-refractivity contribution in [1.82, 2.24) is 19.7 Å². The molecule has 0 saturated carbocycles. The summed E-state index contributed by atoms with van der Waals surface area (Å²) in [5.74, 6) is -6.00. The fourth-order valence-electron chi connectivity index (χ4n) is 4.46. The van der Waals surface area contributed by atoms with Gasteiger partial charge in [-0.2, -0.15) is 5.10 Å². The van der Waals surface area contributed by atoms with Crippen LogP contribution in [0.4, 0.5) is 18.9 Å². The number of benzene rings is 1. The maximum atomic E-state index is 13.9. The molecule has 2 aromatic heterocycles. The number of rotatable bonds is 3. The SMILES string of the molecule is Cn1cc2c(n1)CC[C@H]1CN2C(=O)c2c(O)c(=O)c(C(=O)NCc3c(F)cc(F)cc3F)cn21. The first-order valence-corrected chi connectivity index (χ1v) is 10.4. The highest BCUT2D eigenvalue weighted by atomic mass is 19.1. The molecule has 2 N–H and O–H groups in total. The highest BCUT2D eigenvalue weighted by Crippen LogP contribution is 2.36. The van der Waals surface area contributed by atoms with Crippen LogP contribution in [-0.2, 0) is 20.0 Å². The van der Waals surface area contributed by atoms with Crippen molar-refractivity contribution in [3.8, 4) is 5.75 Å². The maximum Gasteiger partial charge on any atom is 0.279 e. The Balaban J connectivity index is 1.49. The van der Waals surface area contributed by atoms with Gasteiger partial charge in [0.1, 0.15) is 23.0 Å². The molecule has 0 spiro atoms. The summed E-state index contributed by atoms with van der Waals surface area (Å²) < 4.78 is 43.8. The molecule has 12 heteroatoms. The van der Waals surface area contributed by atoms with Gasteiger partial charge in [-0.3, -0.25) is 19.1 Å². The van der Waals surface area contributed by atoms with Crippen molar-refractivity contribution in [2.24, 2.45) is 7.05 Å². The van der Waals surface area contributed by atoms with E-state index in [2.05, 4.69) is 10.4 Å². The maximum absolute atomic E-state index is 13.9. The largest absolute Gasteiger partial charge is 0.503 e. The van der Waals surface area contributed by atoms with Crippen LogP contribution in [0.15, 0.2) is 29.3 Å². The molecule has 3 aromatic rings. The Morgan fingerprint density at radius 1 is 1.21 bits per heavy atom. The van der Waals surface area contributed by atoms with Crippen molar-refractivity contribution in [3.05, 3.63) is 74.7 Å². The van der Waals surface area contributed by atoms with E-state index in [9.17, 15) is 32.7 Å². The molecular weight excluding hydrogens is 455 g/mol. The van der Waals surface area contributed by atoms with E-state index in [1.165, 1.54) is 15.7 Å². The Bertz CT molecular complexity index is 1410. The molecule has 176 valence electrons. The number of nitrogens with one attached hydrogen (secondary N) is 1. The monoisotopic (exact) mass is 473 g/mol.